The van der Waals surface area contributed by atoms with Crippen molar-refractivity contribution in [2.24, 2.45) is 0 Å². The predicted octanol–water partition coefficient (Wildman–Crippen LogP) is 3.57. The maximum atomic E-state index is 12.5. The summed E-state index contributed by atoms with van der Waals surface area (Å²) in [5.74, 6) is 0.280. The van der Waals surface area contributed by atoms with E-state index in [2.05, 4.69) is 46.2 Å². The van der Waals surface area contributed by atoms with E-state index in [4.69, 9.17) is 0 Å². The Labute approximate surface area is 162 Å². The van der Waals surface area contributed by atoms with Crippen molar-refractivity contribution in [3.8, 4) is 0 Å². The summed E-state index contributed by atoms with van der Waals surface area (Å²) in [6, 6.07) is 19.2. The second kappa shape index (κ2) is 8.47. The molecule has 0 aromatic heterocycles. The van der Waals surface area contributed by atoms with Gasteiger partial charge in [-0.05, 0) is 49.1 Å². The maximum Gasteiger partial charge on any atom is 0.223 e. The Balaban J connectivity index is 1.26. The lowest BCUT2D eigenvalue weighted by molar-refractivity contribution is -0.131. The van der Waals surface area contributed by atoms with Crippen molar-refractivity contribution in [3.05, 3.63) is 60.2 Å². The van der Waals surface area contributed by atoms with Crippen LogP contribution in [0.25, 0.3) is 0 Å². The molecule has 0 bridgehead atoms. The Kier molecular flexibility index (Phi) is 5.61. The summed E-state index contributed by atoms with van der Waals surface area (Å²) in [5.41, 5.74) is 3.85. The summed E-state index contributed by atoms with van der Waals surface area (Å²) in [6.07, 6.45) is 4.05. The highest BCUT2D eigenvalue weighted by Crippen LogP contribution is 2.24. The zero-order valence-corrected chi connectivity index (χ0v) is 16.0. The Morgan fingerprint density at radius 2 is 1.26 bits per heavy atom. The number of amides is 1. The van der Waals surface area contributed by atoms with Gasteiger partial charge in [-0.3, -0.25) is 4.79 Å². The smallest absolute Gasteiger partial charge is 0.223 e. The molecule has 0 spiro atoms. The van der Waals surface area contributed by atoms with E-state index in [0.717, 1.165) is 32.6 Å². The molecule has 4 heteroatoms. The van der Waals surface area contributed by atoms with Gasteiger partial charge >= 0.3 is 0 Å². The largest absolute Gasteiger partial charge is 0.372 e. The fraction of sp³-hybridized carbons (Fsp3) is 0.435. The molecular weight excluding hydrogens is 334 g/mol. The van der Waals surface area contributed by atoms with Gasteiger partial charge in [-0.2, -0.15) is 0 Å². The fourth-order valence-corrected chi connectivity index (χ4v) is 4.12. The van der Waals surface area contributed by atoms with Gasteiger partial charge in [-0.15, -0.1) is 0 Å². The van der Waals surface area contributed by atoms with Crippen molar-refractivity contribution < 1.29 is 4.79 Å². The van der Waals surface area contributed by atoms with E-state index in [1.54, 1.807) is 0 Å². The quantitative estimate of drug-likeness (QED) is 0.813. The Hall–Kier alpha value is -2.49. The molecule has 2 aliphatic heterocycles. The Bertz CT molecular complexity index is 730. The number of anilines is 2. The molecule has 0 aliphatic carbocycles. The van der Waals surface area contributed by atoms with Crippen LogP contribution in [-0.4, -0.2) is 50.1 Å². The summed E-state index contributed by atoms with van der Waals surface area (Å²) >= 11 is 0. The molecule has 0 radical (unpaired) electrons. The molecule has 142 valence electrons. The minimum Gasteiger partial charge on any atom is -0.372 e. The monoisotopic (exact) mass is 363 g/mol. The SMILES string of the molecule is O=C(CCc1ccccc1)N1CCN(c2ccc(N3CCCC3)cc2)CC1. The number of carbonyl (C=O) groups excluding carboxylic acids is 1. The van der Waals surface area contributed by atoms with E-state index in [-0.39, 0.29) is 5.91 Å². The fourth-order valence-electron chi connectivity index (χ4n) is 4.12. The average molecular weight is 364 g/mol. The van der Waals surface area contributed by atoms with Crippen molar-refractivity contribution in [1.82, 2.24) is 4.90 Å². The molecule has 2 aromatic rings. The molecule has 27 heavy (non-hydrogen) atoms. The third-order valence-electron chi connectivity index (χ3n) is 5.79. The summed E-state index contributed by atoms with van der Waals surface area (Å²) in [7, 11) is 0. The zero-order valence-electron chi connectivity index (χ0n) is 16.0. The third kappa shape index (κ3) is 4.44. The normalized spacial score (nSPS) is 17.4. The van der Waals surface area contributed by atoms with Gasteiger partial charge in [0.15, 0.2) is 0 Å². The number of benzene rings is 2. The van der Waals surface area contributed by atoms with Gasteiger partial charge in [0.25, 0.3) is 0 Å². The van der Waals surface area contributed by atoms with Gasteiger partial charge in [-0.25, -0.2) is 0 Å². The Morgan fingerprint density at radius 3 is 1.85 bits per heavy atom. The third-order valence-corrected chi connectivity index (χ3v) is 5.79. The summed E-state index contributed by atoms with van der Waals surface area (Å²) in [5, 5.41) is 0. The minimum atomic E-state index is 0.280. The molecule has 0 atom stereocenters. The standard InChI is InChI=1S/C23H29N3O/c27-23(13-8-20-6-2-1-3-7-20)26-18-16-25(17-19-26)22-11-9-21(10-12-22)24-14-4-5-15-24/h1-3,6-7,9-12H,4-5,8,13-19H2. The van der Waals surface area contributed by atoms with Gasteiger partial charge < -0.3 is 14.7 Å². The van der Waals surface area contributed by atoms with Crippen LogP contribution in [0.15, 0.2) is 54.6 Å². The van der Waals surface area contributed by atoms with Gasteiger partial charge in [0.1, 0.15) is 0 Å². The zero-order chi connectivity index (χ0) is 18.5. The number of hydrogen-bond acceptors (Lipinski definition) is 3. The number of piperazine rings is 1. The van der Waals surface area contributed by atoms with E-state index in [0.29, 0.717) is 6.42 Å². The van der Waals surface area contributed by atoms with Crippen molar-refractivity contribution in [2.75, 3.05) is 49.1 Å². The molecule has 0 N–H and O–H groups in total. The van der Waals surface area contributed by atoms with Crippen molar-refractivity contribution >= 4 is 17.3 Å². The summed E-state index contributed by atoms with van der Waals surface area (Å²) in [4.78, 5) is 19.4. The van der Waals surface area contributed by atoms with E-state index in [1.807, 2.05) is 23.1 Å². The molecule has 4 rings (SSSR count). The van der Waals surface area contributed by atoms with Crippen LogP contribution >= 0.6 is 0 Å². The lowest BCUT2D eigenvalue weighted by Gasteiger charge is -2.36. The van der Waals surface area contributed by atoms with E-state index < -0.39 is 0 Å². The molecule has 4 nitrogen and oxygen atoms in total. The minimum absolute atomic E-state index is 0.280. The first-order valence-electron chi connectivity index (χ1n) is 10.2. The Morgan fingerprint density at radius 1 is 0.704 bits per heavy atom. The molecule has 2 aromatic carbocycles. The van der Waals surface area contributed by atoms with Gasteiger partial charge in [0.2, 0.25) is 5.91 Å². The number of hydrogen-bond donors (Lipinski definition) is 0. The first kappa shape index (κ1) is 17.9. The molecule has 2 heterocycles. The van der Waals surface area contributed by atoms with Crippen molar-refractivity contribution in [1.29, 1.82) is 0 Å². The number of aryl methyl sites for hydroxylation is 1. The number of carbonyl (C=O) groups is 1. The maximum absolute atomic E-state index is 12.5. The van der Waals surface area contributed by atoms with Crippen LogP contribution in [-0.2, 0) is 11.2 Å². The lowest BCUT2D eigenvalue weighted by atomic mass is 10.1. The number of nitrogens with zero attached hydrogens (tertiary/aromatic N) is 3. The van der Waals surface area contributed by atoms with E-state index in [1.165, 1.54) is 42.9 Å². The summed E-state index contributed by atoms with van der Waals surface area (Å²) < 4.78 is 0. The van der Waals surface area contributed by atoms with Crippen LogP contribution in [0.1, 0.15) is 24.8 Å². The molecular formula is C23H29N3O. The second-order valence-corrected chi connectivity index (χ2v) is 7.56. The molecule has 1 amide bonds. The molecule has 2 aliphatic rings. The average Bonchev–Trinajstić information content (AvgIpc) is 3.28. The highest BCUT2D eigenvalue weighted by atomic mass is 16.2. The van der Waals surface area contributed by atoms with Gasteiger partial charge in [0, 0.05) is 57.1 Å². The van der Waals surface area contributed by atoms with E-state index >= 15 is 0 Å². The van der Waals surface area contributed by atoms with E-state index in [9.17, 15) is 4.79 Å². The molecule has 2 fully saturated rings. The van der Waals surface area contributed by atoms with Crippen LogP contribution in [0.5, 0.6) is 0 Å². The van der Waals surface area contributed by atoms with Crippen LogP contribution < -0.4 is 9.80 Å². The predicted molar refractivity (Wildman–Crippen MR) is 111 cm³/mol. The van der Waals surface area contributed by atoms with Crippen molar-refractivity contribution in [3.63, 3.8) is 0 Å². The second-order valence-electron chi connectivity index (χ2n) is 7.56. The highest BCUT2D eigenvalue weighted by Gasteiger charge is 2.21. The van der Waals surface area contributed by atoms with Gasteiger partial charge in [-0.1, -0.05) is 30.3 Å². The highest BCUT2D eigenvalue weighted by molar-refractivity contribution is 5.76. The first-order chi connectivity index (χ1) is 13.3. The number of rotatable bonds is 5. The van der Waals surface area contributed by atoms with Gasteiger partial charge in [0.05, 0.1) is 0 Å². The molecule has 2 saturated heterocycles. The van der Waals surface area contributed by atoms with Crippen molar-refractivity contribution in [2.45, 2.75) is 25.7 Å². The summed E-state index contributed by atoms with van der Waals surface area (Å²) in [6.45, 7) is 5.84. The van der Waals surface area contributed by atoms with Crippen LogP contribution in [0.2, 0.25) is 0 Å². The van der Waals surface area contributed by atoms with Crippen LogP contribution in [0.3, 0.4) is 0 Å². The van der Waals surface area contributed by atoms with Crippen LogP contribution in [0.4, 0.5) is 11.4 Å². The first-order valence-corrected chi connectivity index (χ1v) is 10.2. The molecule has 0 unspecified atom stereocenters. The molecule has 0 saturated carbocycles. The topological polar surface area (TPSA) is 26.8 Å². The lowest BCUT2D eigenvalue weighted by Crippen LogP contribution is -2.48. The van der Waals surface area contributed by atoms with Crippen LogP contribution in [0, 0.1) is 0 Å².